The van der Waals surface area contributed by atoms with Gasteiger partial charge in [-0.15, -0.1) is 0 Å². The zero-order chi connectivity index (χ0) is 36.1. The van der Waals surface area contributed by atoms with Crippen LogP contribution in [0.15, 0.2) is 60.7 Å². The first-order valence-corrected chi connectivity index (χ1v) is 18.1. The Morgan fingerprint density at radius 2 is 1.35 bits per heavy atom. The van der Waals surface area contributed by atoms with Crippen molar-refractivity contribution in [2.75, 3.05) is 26.2 Å². The molecular weight excluding hydrogens is 690 g/mol. The van der Waals surface area contributed by atoms with Crippen LogP contribution in [0.25, 0.3) is 0 Å². The minimum atomic E-state index is -4.38. The van der Waals surface area contributed by atoms with Crippen LogP contribution in [0.5, 0.6) is 11.5 Å². The summed E-state index contributed by atoms with van der Waals surface area (Å²) in [6.45, 7) is 0.112. The second-order valence-corrected chi connectivity index (χ2v) is 14.2. The van der Waals surface area contributed by atoms with Crippen LogP contribution in [0.2, 0.25) is 0 Å². The third kappa shape index (κ3) is 9.40. The summed E-state index contributed by atoms with van der Waals surface area (Å²) in [6, 6.07) is 14.5. The van der Waals surface area contributed by atoms with E-state index in [9.17, 15) is 41.9 Å². The molecule has 264 valence electrons. The third-order valence-corrected chi connectivity index (χ3v) is 8.57. The van der Waals surface area contributed by atoms with Crippen LogP contribution in [-0.2, 0) is 53.0 Å². The largest absolute Gasteiger partial charge is 0.482 e. The Morgan fingerprint density at radius 3 is 1.80 bits per heavy atom. The smallest absolute Gasteiger partial charge is 0.410 e. The number of hydrogen-bond donors (Lipinski definition) is 0. The minimum absolute atomic E-state index is 0.226. The van der Waals surface area contributed by atoms with Crippen molar-refractivity contribution in [2.24, 2.45) is 0 Å². The van der Waals surface area contributed by atoms with E-state index in [-0.39, 0.29) is 18.8 Å². The second kappa shape index (κ2) is 15.1. The molecule has 3 aromatic rings. The molecule has 0 bridgehead atoms. The van der Waals surface area contributed by atoms with Gasteiger partial charge in [-0.1, -0.05) is 60.7 Å². The Balaban J connectivity index is 1.92. The van der Waals surface area contributed by atoms with E-state index in [1.165, 1.54) is 6.92 Å². The molecule has 1 heterocycles. The monoisotopic (exact) mass is 723 g/mol. The Morgan fingerprint density at radius 1 is 0.837 bits per heavy atom. The van der Waals surface area contributed by atoms with Crippen molar-refractivity contribution in [3.8, 4) is 11.5 Å². The molecule has 0 radical (unpaired) electrons. The van der Waals surface area contributed by atoms with Gasteiger partial charge in [0.25, 0.3) is 20.2 Å². The van der Waals surface area contributed by atoms with E-state index in [4.69, 9.17) is 22.6 Å². The van der Waals surface area contributed by atoms with E-state index in [1.54, 1.807) is 60.7 Å². The summed E-state index contributed by atoms with van der Waals surface area (Å²) in [4.78, 5) is 37.4. The van der Waals surface area contributed by atoms with Crippen molar-refractivity contribution >= 4 is 37.7 Å². The molecular formula is C30H33N3O14S2. The van der Waals surface area contributed by atoms with Crippen molar-refractivity contribution in [2.45, 2.75) is 44.7 Å². The van der Waals surface area contributed by atoms with Crippen LogP contribution in [0.3, 0.4) is 0 Å². The first kappa shape index (κ1) is 37.0. The predicted octanol–water partition coefficient (Wildman–Crippen LogP) is 3.65. The van der Waals surface area contributed by atoms with Gasteiger partial charge in [0.2, 0.25) is 11.5 Å². The molecule has 19 heteroatoms. The first-order valence-electron chi connectivity index (χ1n) is 14.4. The average Bonchev–Trinajstić information content (AvgIpc) is 3.76. The summed E-state index contributed by atoms with van der Waals surface area (Å²) < 4.78 is 75.3. The molecule has 3 aromatic carbocycles. The van der Waals surface area contributed by atoms with Crippen LogP contribution in [0, 0.1) is 27.2 Å². The molecule has 0 aliphatic carbocycles. The Labute approximate surface area is 281 Å². The second-order valence-electron chi connectivity index (χ2n) is 11.0. The zero-order valence-electron chi connectivity index (χ0n) is 26.7. The Bertz CT molecular complexity index is 1920. The highest BCUT2D eigenvalue weighted by molar-refractivity contribution is 7.86. The molecule has 49 heavy (non-hydrogen) atoms. The van der Waals surface area contributed by atoms with Crippen LogP contribution < -0.4 is 9.47 Å². The number of carbonyl (C=O) groups is 1. The van der Waals surface area contributed by atoms with Crippen LogP contribution in [0.1, 0.15) is 22.3 Å². The molecule has 0 spiro atoms. The molecule has 0 saturated carbocycles. The van der Waals surface area contributed by atoms with Gasteiger partial charge in [0.05, 0.1) is 59.3 Å². The number of nitro groups is 2. The summed E-state index contributed by atoms with van der Waals surface area (Å²) in [5, 5.41) is 25.4. The van der Waals surface area contributed by atoms with Gasteiger partial charge in [-0.25, -0.2) is 4.79 Å². The highest BCUT2D eigenvalue weighted by Gasteiger charge is 2.58. The van der Waals surface area contributed by atoms with Gasteiger partial charge >= 0.3 is 17.5 Å². The number of nitrogens with zero attached hydrogens (tertiary/aromatic N) is 3. The van der Waals surface area contributed by atoms with Gasteiger partial charge in [0.15, 0.2) is 0 Å². The van der Waals surface area contributed by atoms with Gasteiger partial charge in [0, 0.05) is 6.42 Å². The fraction of sp³-hybridized carbons (Fsp3) is 0.367. The lowest BCUT2D eigenvalue weighted by molar-refractivity contribution is -0.391. The quantitative estimate of drug-likeness (QED) is 0.0891. The van der Waals surface area contributed by atoms with Gasteiger partial charge in [-0.3, -0.25) is 33.5 Å². The molecule has 1 fully saturated rings. The van der Waals surface area contributed by atoms with E-state index in [2.05, 4.69) is 0 Å². The third-order valence-electron chi connectivity index (χ3n) is 7.41. The maximum atomic E-state index is 12.8. The van der Waals surface area contributed by atoms with Crippen molar-refractivity contribution in [1.29, 1.82) is 0 Å². The van der Waals surface area contributed by atoms with Crippen molar-refractivity contribution in [3.63, 3.8) is 0 Å². The average molecular weight is 724 g/mol. The number of hydrogen-bond acceptors (Lipinski definition) is 14. The number of amides is 1. The number of carbonyl (C=O) groups excluding carboxylic acids is 1. The van der Waals surface area contributed by atoms with E-state index in [0.717, 1.165) is 18.3 Å². The number of nitro benzene ring substituents is 2. The summed E-state index contributed by atoms with van der Waals surface area (Å²) >= 11 is 0. The number of ether oxygens (including phenoxy) is 3. The fourth-order valence-corrected chi connectivity index (χ4v) is 6.35. The maximum absolute atomic E-state index is 12.8. The summed E-state index contributed by atoms with van der Waals surface area (Å²) in [6.07, 6.45) is -1.99. The Kier molecular flexibility index (Phi) is 11.4. The topological polar surface area (TPSA) is 221 Å². The van der Waals surface area contributed by atoms with Gasteiger partial charge in [-0.2, -0.15) is 16.8 Å². The first-order chi connectivity index (χ1) is 23.0. The molecule has 1 aliphatic heterocycles. The molecule has 1 saturated heterocycles. The van der Waals surface area contributed by atoms with Gasteiger partial charge < -0.3 is 14.2 Å². The lowest BCUT2D eigenvalue weighted by Gasteiger charge is -2.21. The predicted molar refractivity (Wildman–Crippen MR) is 172 cm³/mol. The lowest BCUT2D eigenvalue weighted by atomic mass is 9.97. The van der Waals surface area contributed by atoms with Crippen LogP contribution >= 0.6 is 0 Å². The fourth-order valence-electron chi connectivity index (χ4n) is 5.34. The van der Waals surface area contributed by atoms with Crippen molar-refractivity contribution < 1.29 is 54.1 Å². The van der Waals surface area contributed by atoms with E-state index >= 15 is 0 Å². The van der Waals surface area contributed by atoms with E-state index in [1.807, 2.05) is 0 Å². The minimum Gasteiger partial charge on any atom is -0.482 e. The molecule has 4 rings (SSSR count). The number of rotatable bonds is 16. The highest BCUT2D eigenvalue weighted by Crippen LogP contribution is 2.50. The van der Waals surface area contributed by atoms with E-state index in [0.29, 0.717) is 17.4 Å². The van der Waals surface area contributed by atoms with Crippen molar-refractivity contribution in [3.05, 3.63) is 103 Å². The standard InChI is InChI=1S/C30H33N3O14S2/c1-19-25(32(35)36)29(45-17-21-13-9-6-10-14-21)22(26(33(37)38)28(19)44-16-20-11-7-5-8-12-20)15-24(47-49(4,41)42)27-23(18-46-48(3,39)40)31(27)30(34)43-2/h5-14,23-24,27H,15-18H2,1-4H3/t23-,24+,27-,31?/m0/s1. The number of methoxy groups -OCH3 is 1. The van der Waals surface area contributed by atoms with E-state index < -0.39 is 95.8 Å². The van der Waals surface area contributed by atoms with Crippen LogP contribution in [-0.4, -0.2) is 82.1 Å². The Hall–Kier alpha value is -4.85. The number of benzene rings is 3. The summed E-state index contributed by atoms with van der Waals surface area (Å²) in [5.74, 6) is -1.03. The summed E-state index contributed by atoms with van der Waals surface area (Å²) in [5.41, 5.74) is -1.01. The normalized spacial score (nSPS) is 16.4. The summed E-state index contributed by atoms with van der Waals surface area (Å²) in [7, 11) is -7.38. The molecule has 0 unspecified atom stereocenters. The highest BCUT2D eigenvalue weighted by atomic mass is 32.2. The van der Waals surface area contributed by atoms with Gasteiger partial charge in [0.1, 0.15) is 19.3 Å². The molecule has 0 N–H and O–H groups in total. The zero-order valence-corrected chi connectivity index (χ0v) is 28.3. The van der Waals surface area contributed by atoms with Crippen LogP contribution in [0.4, 0.5) is 16.2 Å². The molecule has 0 aromatic heterocycles. The maximum Gasteiger partial charge on any atom is 0.410 e. The van der Waals surface area contributed by atoms with Crippen molar-refractivity contribution in [1.82, 2.24) is 4.90 Å². The van der Waals surface area contributed by atoms with Gasteiger partial charge in [-0.05, 0) is 18.1 Å². The lowest BCUT2D eigenvalue weighted by Crippen LogP contribution is -2.31. The molecule has 1 amide bonds. The molecule has 17 nitrogen and oxygen atoms in total. The SMILES string of the molecule is COC(=O)N1[C@H]([C@@H](Cc2c(OCc3ccccc3)c([N+](=O)[O-])c(C)c(OCc3ccccc3)c2[N+](=O)[O-])OS(C)(=O)=O)[C@@H]1COS(C)(=O)=O. The molecule has 3 atom stereocenters. The molecule has 1 aliphatic rings.